The number of hydrogen-bond acceptors (Lipinski definition) is 4. The summed E-state index contributed by atoms with van der Waals surface area (Å²) in [5.74, 6) is -1.33. The predicted molar refractivity (Wildman–Crippen MR) is 71.0 cm³/mol. The number of nitrogens with one attached hydrogen (secondary N) is 1. The van der Waals surface area contributed by atoms with Crippen LogP contribution in [0, 0.1) is 5.92 Å². The highest BCUT2D eigenvalue weighted by molar-refractivity contribution is 9.10. The first-order chi connectivity index (χ1) is 8.75. The average Bonchev–Trinajstić information content (AvgIpc) is 3.12. The van der Waals surface area contributed by atoms with E-state index in [0.717, 1.165) is 0 Å². The Bertz CT molecular complexity index is 615. The van der Waals surface area contributed by atoms with Gasteiger partial charge in [-0.1, -0.05) is 0 Å². The van der Waals surface area contributed by atoms with Crippen molar-refractivity contribution in [3.63, 3.8) is 0 Å². The number of aliphatic carboxylic acids is 1. The summed E-state index contributed by atoms with van der Waals surface area (Å²) in [7, 11) is -3.91. The molecule has 0 saturated heterocycles. The van der Waals surface area contributed by atoms with Gasteiger partial charge in [-0.3, -0.25) is 9.78 Å². The molecule has 8 heteroatoms. The van der Waals surface area contributed by atoms with Crippen LogP contribution in [0.25, 0.3) is 0 Å². The second-order valence-corrected chi connectivity index (χ2v) is 7.32. The highest BCUT2D eigenvalue weighted by Gasteiger charge is 2.50. The zero-order chi connectivity index (χ0) is 14.3. The minimum absolute atomic E-state index is 0.0602. The van der Waals surface area contributed by atoms with Gasteiger partial charge in [-0.05, 0) is 47.7 Å². The topological polar surface area (TPSA) is 96.4 Å². The number of carboxylic acids is 1. The molecule has 1 aromatic heterocycles. The van der Waals surface area contributed by atoms with Gasteiger partial charge in [0.1, 0.15) is 10.4 Å². The minimum atomic E-state index is -3.91. The molecule has 104 valence electrons. The molecule has 1 saturated carbocycles. The SMILES string of the molecule is CC(NS(=O)(=O)c1cncc(Br)c1)(C(=O)O)C1CC1. The van der Waals surface area contributed by atoms with Crippen molar-refractivity contribution < 1.29 is 18.3 Å². The summed E-state index contributed by atoms with van der Waals surface area (Å²) in [6.45, 7) is 1.40. The Kier molecular flexibility index (Phi) is 3.67. The lowest BCUT2D eigenvalue weighted by atomic mass is 9.98. The number of sulfonamides is 1. The number of carbonyl (C=O) groups is 1. The van der Waals surface area contributed by atoms with E-state index >= 15 is 0 Å². The third-order valence-corrected chi connectivity index (χ3v) is 5.14. The molecule has 1 aromatic rings. The first-order valence-corrected chi connectivity index (χ1v) is 7.91. The van der Waals surface area contributed by atoms with Gasteiger partial charge in [0.05, 0.1) is 0 Å². The number of nitrogens with zero attached hydrogens (tertiary/aromatic N) is 1. The molecule has 0 spiro atoms. The Balaban J connectivity index is 2.33. The Hall–Kier alpha value is -0.990. The molecule has 1 fully saturated rings. The highest BCUT2D eigenvalue weighted by Crippen LogP contribution is 2.40. The maximum Gasteiger partial charge on any atom is 0.324 e. The third kappa shape index (κ3) is 2.96. The number of rotatable bonds is 5. The molecule has 1 atom stereocenters. The molecule has 0 aliphatic heterocycles. The second kappa shape index (κ2) is 4.84. The van der Waals surface area contributed by atoms with E-state index in [9.17, 15) is 18.3 Å². The number of hydrogen-bond donors (Lipinski definition) is 2. The van der Waals surface area contributed by atoms with Crippen LogP contribution in [0.15, 0.2) is 27.8 Å². The van der Waals surface area contributed by atoms with Crippen LogP contribution in [-0.4, -0.2) is 30.0 Å². The third-order valence-electron chi connectivity index (χ3n) is 3.17. The van der Waals surface area contributed by atoms with Crippen LogP contribution in [0.4, 0.5) is 0 Å². The fourth-order valence-corrected chi connectivity index (χ4v) is 3.77. The fraction of sp³-hybridized carbons (Fsp3) is 0.455. The largest absolute Gasteiger partial charge is 0.480 e. The molecular weight excluding hydrogens is 336 g/mol. The molecule has 0 radical (unpaired) electrons. The summed E-state index contributed by atoms with van der Waals surface area (Å²) in [6.07, 6.45) is 4.06. The summed E-state index contributed by atoms with van der Waals surface area (Å²) in [5, 5.41) is 9.26. The van der Waals surface area contributed by atoms with Crippen molar-refractivity contribution >= 4 is 31.9 Å². The molecule has 1 aliphatic rings. The van der Waals surface area contributed by atoms with Gasteiger partial charge in [-0.15, -0.1) is 0 Å². The molecule has 1 heterocycles. The number of pyridine rings is 1. The van der Waals surface area contributed by atoms with E-state index in [1.54, 1.807) is 0 Å². The Labute approximate surface area is 119 Å². The van der Waals surface area contributed by atoms with Gasteiger partial charge in [0, 0.05) is 16.9 Å². The van der Waals surface area contributed by atoms with E-state index in [0.29, 0.717) is 17.3 Å². The normalized spacial score (nSPS) is 18.8. The number of aromatic nitrogens is 1. The summed E-state index contributed by atoms with van der Waals surface area (Å²) in [6, 6.07) is 1.38. The maximum atomic E-state index is 12.2. The van der Waals surface area contributed by atoms with Gasteiger partial charge >= 0.3 is 5.97 Å². The minimum Gasteiger partial charge on any atom is -0.480 e. The number of carboxylic acid groups (broad SMARTS) is 1. The van der Waals surface area contributed by atoms with Crippen LogP contribution in [0.5, 0.6) is 0 Å². The average molecular weight is 349 g/mol. The van der Waals surface area contributed by atoms with E-state index in [1.165, 1.54) is 25.4 Å². The van der Waals surface area contributed by atoms with E-state index in [4.69, 9.17) is 0 Å². The molecule has 0 bridgehead atoms. The summed E-state index contributed by atoms with van der Waals surface area (Å²) in [5.41, 5.74) is -1.47. The molecule has 19 heavy (non-hydrogen) atoms. The van der Waals surface area contributed by atoms with Gasteiger partial charge in [-0.2, -0.15) is 4.72 Å². The van der Waals surface area contributed by atoms with Gasteiger partial charge in [0.15, 0.2) is 0 Å². The van der Waals surface area contributed by atoms with Crippen molar-refractivity contribution in [2.45, 2.75) is 30.2 Å². The summed E-state index contributed by atoms with van der Waals surface area (Å²) >= 11 is 3.13. The van der Waals surface area contributed by atoms with E-state index in [1.807, 2.05) is 0 Å². The smallest absolute Gasteiger partial charge is 0.324 e. The molecule has 1 aliphatic carbocycles. The van der Waals surface area contributed by atoms with E-state index in [-0.39, 0.29) is 10.8 Å². The standard InChI is InChI=1S/C11H13BrN2O4S/c1-11(10(15)16,7-2-3-7)14-19(17,18)9-4-8(12)5-13-6-9/h4-7,14H,2-3H2,1H3,(H,15,16). The van der Waals surface area contributed by atoms with Crippen LogP contribution < -0.4 is 4.72 Å². The van der Waals surface area contributed by atoms with Crippen LogP contribution in [-0.2, 0) is 14.8 Å². The molecule has 2 N–H and O–H groups in total. The number of halogens is 1. The van der Waals surface area contributed by atoms with Crippen LogP contribution in [0.2, 0.25) is 0 Å². The van der Waals surface area contributed by atoms with Crippen LogP contribution in [0.3, 0.4) is 0 Å². The summed E-state index contributed by atoms with van der Waals surface area (Å²) < 4.78 is 27.2. The van der Waals surface area contributed by atoms with Crippen molar-refractivity contribution in [1.82, 2.24) is 9.71 Å². The quantitative estimate of drug-likeness (QED) is 0.837. The van der Waals surface area contributed by atoms with Crippen molar-refractivity contribution in [3.05, 3.63) is 22.9 Å². The van der Waals surface area contributed by atoms with Gasteiger partial charge < -0.3 is 5.11 Å². The Morgan fingerprint density at radius 2 is 2.16 bits per heavy atom. The molecule has 2 rings (SSSR count). The zero-order valence-corrected chi connectivity index (χ0v) is 12.5. The maximum absolute atomic E-state index is 12.2. The molecular formula is C11H13BrN2O4S. The van der Waals surface area contributed by atoms with Crippen molar-refractivity contribution in [3.8, 4) is 0 Å². The fourth-order valence-electron chi connectivity index (χ4n) is 1.84. The van der Waals surface area contributed by atoms with Crippen molar-refractivity contribution in [1.29, 1.82) is 0 Å². The molecule has 0 amide bonds. The lowest BCUT2D eigenvalue weighted by molar-refractivity contribution is -0.144. The highest BCUT2D eigenvalue weighted by atomic mass is 79.9. The monoisotopic (exact) mass is 348 g/mol. The van der Waals surface area contributed by atoms with E-state index < -0.39 is 21.5 Å². The Morgan fingerprint density at radius 1 is 1.53 bits per heavy atom. The van der Waals surface area contributed by atoms with Crippen molar-refractivity contribution in [2.75, 3.05) is 0 Å². The lowest BCUT2D eigenvalue weighted by Crippen LogP contribution is -2.53. The predicted octanol–water partition coefficient (Wildman–Crippen LogP) is 1.38. The Morgan fingerprint density at radius 3 is 2.63 bits per heavy atom. The molecule has 6 nitrogen and oxygen atoms in total. The molecule has 0 aromatic carbocycles. The van der Waals surface area contributed by atoms with Gasteiger partial charge in [0.2, 0.25) is 10.0 Å². The van der Waals surface area contributed by atoms with Gasteiger partial charge in [0.25, 0.3) is 0 Å². The lowest BCUT2D eigenvalue weighted by Gasteiger charge is -2.25. The van der Waals surface area contributed by atoms with Crippen molar-refractivity contribution in [2.24, 2.45) is 5.92 Å². The van der Waals surface area contributed by atoms with Crippen LogP contribution >= 0.6 is 15.9 Å². The first kappa shape index (κ1) is 14.4. The zero-order valence-electron chi connectivity index (χ0n) is 10.1. The first-order valence-electron chi connectivity index (χ1n) is 5.63. The second-order valence-electron chi connectivity index (χ2n) is 4.73. The van der Waals surface area contributed by atoms with Crippen LogP contribution in [0.1, 0.15) is 19.8 Å². The molecule has 1 unspecified atom stereocenters. The summed E-state index contributed by atoms with van der Waals surface area (Å²) in [4.78, 5) is 15.0. The van der Waals surface area contributed by atoms with Gasteiger partial charge in [-0.25, -0.2) is 8.42 Å². The van der Waals surface area contributed by atoms with E-state index in [2.05, 4.69) is 25.6 Å².